The number of esters is 1. The van der Waals surface area contributed by atoms with Crippen LogP contribution in [0.3, 0.4) is 0 Å². The number of carbonyl (C=O) groups excluding carboxylic acids is 1. The van der Waals surface area contributed by atoms with E-state index in [1.54, 1.807) is 26.8 Å². The van der Waals surface area contributed by atoms with Crippen molar-refractivity contribution in [1.82, 2.24) is 5.32 Å². The van der Waals surface area contributed by atoms with E-state index in [-0.39, 0.29) is 17.5 Å². The van der Waals surface area contributed by atoms with Crippen molar-refractivity contribution >= 4 is 5.97 Å². The Labute approximate surface area is 125 Å². The maximum absolute atomic E-state index is 11.9. The fourth-order valence-corrected chi connectivity index (χ4v) is 1.54. The summed E-state index contributed by atoms with van der Waals surface area (Å²) in [6.07, 6.45) is -0.736. The molecule has 5 nitrogen and oxygen atoms in total. The number of aliphatic hydroxyl groups excluding tert-OH is 1. The van der Waals surface area contributed by atoms with E-state index in [4.69, 9.17) is 4.74 Å². The van der Waals surface area contributed by atoms with Crippen molar-refractivity contribution in [3.63, 3.8) is 0 Å². The zero-order chi connectivity index (χ0) is 16.2. The molecule has 0 saturated heterocycles. The normalized spacial score (nSPS) is 13.3. The highest BCUT2D eigenvalue weighted by Crippen LogP contribution is 2.31. The standard InChI is InChI=1S/C16H25NO4/c1-10(2)17-9-13(19)11-6-7-12(18)14(8-11)21-15(20)16(3,4)5/h6-8,10,13,17-19H,9H2,1-5H3/t13-/m1/s1. The van der Waals surface area contributed by atoms with Gasteiger partial charge in [0.15, 0.2) is 11.5 Å². The summed E-state index contributed by atoms with van der Waals surface area (Å²) in [5.41, 5.74) is -0.0852. The average Bonchev–Trinajstić information content (AvgIpc) is 2.37. The van der Waals surface area contributed by atoms with Gasteiger partial charge in [0.1, 0.15) is 0 Å². The lowest BCUT2D eigenvalue weighted by Crippen LogP contribution is -2.28. The molecule has 0 unspecified atom stereocenters. The summed E-state index contributed by atoms with van der Waals surface area (Å²) in [5, 5.41) is 23.0. The van der Waals surface area contributed by atoms with Gasteiger partial charge < -0.3 is 20.3 Å². The second kappa shape index (κ2) is 6.91. The first-order valence-electron chi connectivity index (χ1n) is 7.08. The Bertz CT molecular complexity index is 492. The number of phenols is 1. The number of ether oxygens (including phenoxy) is 1. The first-order valence-corrected chi connectivity index (χ1v) is 7.08. The number of phenolic OH excluding ortho intramolecular Hbond substituents is 1. The van der Waals surface area contributed by atoms with Crippen LogP contribution in [0.2, 0.25) is 0 Å². The van der Waals surface area contributed by atoms with Gasteiger partial charge >= 0.3 is 5.97 Å². The van der Waals surface area contributed by atoms with Crippen LogP contribution in [0.5, 0.6) is 11.5 Å². The van der Waals surface area contributed by atoms with Crippen molar-refractivity contribution in [1.29, 1.82) is 0 Å². The molecule has 1 aromatic carbocycles. The minimum Gasteiger partial charge on any atom is -0.504 e. The van der Waals surface area contributed by atoms with Crippen LogP contribution in [-0.4, -0.2) is 28.8 Å². The summed E-state index contributed by atoms with van der Waals surface area (Å²) < 4.78 is 5.21. The van der Waals surface area contributed by atoms with Gasteiger partial charge in [0.05, 0.1) is 11.5 Å². The minimum absolute atomic E-state index is 0.0658. The maximum atomic E-state index is 11.9. The van der Waals surface area contributed by atoms with Crippen molar-refractivity contribution in [3.05, 3.63) is 23.8 Å². The highest BCUT2D eigenvalue weighted by atomic mass is 16.5. The van der Waals surface area contributed by atoms with Crippen molar-refractivity contribution in [2.45, 2.75) is 46.8 Å². The summed E-state index contributed by atoms with van der Waals surface area (Å²) in [5.74, 6) is -0.499. The van der Waals surface area contributed by atoms with Gasteiger partial charge in [0.25, 0.3) is 0 Å². The maximum Gasteiger partial charge on any atom is 0.316 e. The number of rotatable bonds is 5. The Balaban J connectivity index is 2.87. The Morgan fingerprint density at radius 3 is 2.48 bits per heavy atom. The Morgan fingerprint density at radius 1 is 1.33 bits per heavy atom. The van der Waals surface area contributed by atoms with Crippen molar-refractivity contribution < 1.29 is 19.7 Å². The fraction of sp³-hybridized carbons (Fsp3) is 0.562. The summed E-state index contributed by atoms with van der Waals surface area (Å²) in [6, 6.07) is 4.77. The van der Waals surface area contributed by atoms with Crippen molar-refractivity contribution in [3.8, 4) is 11.5 Å². The lowest BCUT2D eigenvalue weighted by molar-refractivity contribution is -0.143. The van der Waals surface area contributed by atoms with Crippen LogP contribution in [0.25, 0.3) is 0 Å². The molecule has 0 amide bonds. The zero-order valence-corrected chi connectivity index (χ0v) is 13.3. The largest absolute Gasteiger partial charge is 0.504 e. The van der Waals surface area contributed by atoms with Gasteiger partial charge in [0, 0.05) is 12.6 Å². The van der Waals surface area contributed by atoms with Crippen LogP contribution in [-0.2, 0) is 4.79 Å². The monoisotopic (exact) mass is 295 g/mol. The van der Waals surface area contributed by atoms with E-state index in [9.17, 15) is 15.0 Å². The molecule has 0 aliphatic rings. The van der Waals surface area contributed by atoms with E-state index < -0.39 is 17.5 Å². The molecule has 3 N–H and O–H groups in total. The Morgan fingerprint density at radius 2 is 1.95 bits per heavy atom. The van der Waals surface area contributed by atoms with Crippen LogP contribution in [0.1, 0.15) is 46.3 Å². The molecule has 0 aliphatic carbocycles. The smallest absolute Gasteiger partial charge is 0.316 e. The molecule has 118 valence electrons. The topological polar surface area (TPSA) is 78.8 Å². The summed E-state index contributed by atoms with van der Waals surface area (Å²) in [7, 11) is 0. The molecule has 1 atom stereocenters. The number of aromatic hydroxyl groups is 1. The lowest BCUT2D eigenvalue weighted by atomic mass is 9.97. The van der Waals surface area contributed by atoms with Crippen molar-refractivity contribution in [2.75, 3.05) is 6.54 Å². The van der Waals surface area contributed by atoms with E-state index >= 15 is 0 Å². The predicted octanol–water partition coefficient (Wildman–Crippen LogP) is 2.38. The molecule has 21 heavy (non-hydrogen) atoms. The molecule has 0 bridgehead atoms. The van der Waals surface area contributed by atoms with Crippen LogP contribution < -0.4 is 10.1 Å². The molecule has 0 heterocycles. The highest BCUT2D eigenvalue weighted by Gasteiger charge is 2.25. The first kappa shape index (κ1) is 17.5. The van der Waals surface area contributed by atoms with Gasteiger partial charge in [-0.3, -0.25) is 4.79 Å². The van der Waals surface area contributed by atoms with Gasteiger partial charge in [-0.15, -0.1) is 0 Å². The van der Waals surface area contributed by atoms with Gasteiger partial charge in [-0.1, -0.05) is 19.9 Å². The van der Waals surface area contributed by atoms with Gasteiger partial charge in [-0.2, -0.15) is 0 Å². The molecule has 0 fully saturated rings. The average molecular weight is 295 g/mol. The van der Waals surface area contributed by atoms with Gasteiger partial charge in [0.2, 0.25) is 0 Å². The first-order chi connectivity index (χ1) is 9.61. The molecular weight excluding hydrogens is 270 g/mol. The van der Waals surface area contributed by atoms with E-state index in [0.29, 0.717) is 12.1 Å². The zero-order valence-electron chi connectivity index (χ0n) is 13.3. The molecule has 0 radical (unpaired) electrons. The van der Waals surface area contributed by atoms with E-state index in [2.05, 4.69) is 5.32 Å². The predicted molar refractivity (Wildman–Crippen MR) is 81.3 cm³/mol. The van der Waals surface area contributed by atoms with Crippen LogP contribution in [0.4, 0.5) is 0 Å². The number of benzene rings is 1. The van der Waals surface area contributed by atoms with E-state index in [1.165, 1.54) is 12.1 Å². The molecule has 1 rings (SSSR count). The third kappa shape index (κ3) is 5.36. The number of hydrogen-bond donors (Lipinski definition) is 3. The molecule has 0 saturated carbocycles. The number of carbonyl (C=O) groups is 1. The third-order valence-corrected chi connectivity index (χ3v) is 2.90. The van der Waals surface area contributed by atoms with Gasteiger partial charge in [-0.25, -0.2) is 0 Å². The molecular formula is C16H25NO4. The van der Waals surface area contributed by atoms with Crippen LogP contribution in [0.15, 0.2) is 18.2 Å². The summed E-state index contributed by atoms with van der Waals surface area (Å²) >= 11 is 0. The number of aliphatic hydroxyl groups is 1. The van der Waals surface area contributed by atoms with Crippen LogP contribution in [0, 0.1) is 5.41 Å². The van der Waals surface area contributed by atoms with E-state index in [0.717, 1.165) is 0 Å². The van der Waals surface area contributed by atoms with Crippen molar-refractivity contribution in [2.24, 2.45) is 5.41 Å². The Hall–Kier alpha value is -1.59. The number of nitrogens with one attached hydrogen (secondary N) is 1. The molecule has 0 aromatic heterocycles. The van der Waals surface area contributed by atoms with Crippen LogP contribution >= 0.6 is 0 Å². The molecule has 1 aromatic rings. The quantitative estimate of drug-likeness (QED) is 0.574. The highest BCUT2D eigenvalue weighted by molar-refractivity contribution is 5.78. The fourth-order valence-electron chi connectivity index (χ4n) is 1.54. The Kier molecular flexibility index (Phi) is 5.75. The SMILES string of the molecule is CC(C)NC[C@@H](O)c1ccc(O)c(OC(=O)C(C)(C)C)c1. The lowest BCUT2D eigenvalue weighted by Gasteiger charge is -2.19. The molecule has 0 spiro atoms. The number of hydrogen-bond acceptors (Lipinski definition) is 5. The molecule has 0 aliphatic heterocycles. The minimum atomic E-state index is -0.736. The summed E-state index contributed by atoms with van der Waals surface area (Å²) in [4.78, 5) is 11.9. The summed E-state index contributed by atoms with van der Waals surface area (Å²) in [6.45, 7) is 9.56. The van der Waals surface area contributed by atoms with E-state index in [1.807, 2.05) is 13.8 Å². The van der Waals surface area contributed by atoms with Gasteiger partial charge in [-0.05, 0) is 38.5 Å². The third-order valence-electron chi connectivity index (χ3n) is 2.90. The second-order valence-electron chi connectivity index (χ2n) is 6.45. The molecule has 5 heteroatoms. The second-order valence-corrected chi connectivity index (χ2v) is 6.45.